The van der Waals surface area contributed by atoms with Crippen molar-refractivity contribution < 1.29 is 19.1 Å². The quantitative estimate of drug-likeness (QED) is 0.837. The zero-order chi connectivity index (χ0) is 18.1. The van der Waals surface area contributed by atoms with E-state index in [1.54, 1.807) is 0 Å². The standard InChI is InChI=1S/C20H21NO4S/c1-24-20(23)17-14-7-3-5-9-16(14)26-19(17)21-18(22)13-10-12-6-2-4-8-15(12)25-11-13/h2,4,6,8,13H,3,5,7,9-11H2,1H3,(H,21,22). The number of benzene rings is 1. The van der Waals surface area contributed by atoms with E-state index in [1.165, 1.54) is 23.3 Å². The Hall–Kier alpha value is -2.34. The van der Waals surface area contributed by atoms with Gasteiger partial charge in [-0.05, 0) is 49.3 Å². The van der Waals surface area contributed by atoms with Gasteiger partial charge in [0, 0.05) is 4.88 Å². The summed E-state index contributed by atoms with van der Waals surface area (Å²) in [6.07, 6.45) is 4.65. The third kappa shape index (κ3) is 3.09. The molecule has 0 saturated heterocycles. The van der Waals surface area contributed by atoms with Crippen molar-refractivity contribution in [2.75, 3.05) is 19.0 Å². The molecule has 1 atom stereocenters. The molecule has 0 bridgehead atoms. The van der Waals surface area contributed by atoms with Crippen molar-refractivity contribution in [1.29, 1.82) is 0 Å². The van der Waals surface area contributed by atoms with Crippen LogP contribution in [0.25, 0.3) is 0 Å². The molecule has 5 nitrogen and oxygen atoms in total. The highest BCUT2D eigenvalue weighted by molar-refractivity contribution is 7.17. The van der Waals surface area contributed by atoms with Gasteiger partial charge in [-0.15, -0.1) is 11.3 Å². The van der Waals surface area contributed by atoms with Gasteiger partial charge >= 0.3 is 5.97 Å². The molecule has 136 valence electrons. The van der Waals surface area contributed by atoms with E-state index in [-0.39, 0.29) is 17.8 Å². The number of amides is 1. The number of carbonyl (C=O) groups excluding carboxylic acids is 2. The van der Waals surface area contributed by atoms with Crippen LogP contribution in [0.1, 0.15) is 39.2 Å². The molecule has 4 rings (SSSR count). The molecule has 1 amide bonds. The Balaban J connectivity index is 1.57. The van der Waals surface area contributed by atoms with Crippen LogP contribution in [0.3, 0.4) is 0 Å². The minimum atomic E-state index is -0.370. The average molecular weight is 371 g/mol. The van der Waals surface area contributed by atoms with Crippen molar-refractivity contribution in [3.63, 3.8) is 0 Å². The average Bonchev–Trinajstić information content (AvgIpc) is 3.04. The Morgan fingerprint density at radius 2 is 2.04 bits per heavy atom. The summed E-state index contributed by atoms with van der Waals surface area (Å²) >= 11 is 1.51. The number of rotatable bonds is 3. The first-order valence-corrected chi connectivity index (χ1v) is 9.73. The number of anilines is 1. The number of fused-ring (bicyclic) bond motifs is 2. The lowest BCUT2D eigenvalue weighted by atomic mass is 9.95. The minimum Gasteiger partial charge on any atom is -0.492 e. The van der Waals surface area contributed by atoms with Gasteiger partial charge in [0.1, 0.15) is 17.4 Å². The summed E-state index contributed by atoms with van der Waals surface area (Å²) in [5.74, 6) is 0.0982. The smallest absolute Gasteiger partial charge is 0.341 e. The first-order chi connectivity index (χ1) is 12.7. The van der Waals surface area contributed by atoms with Crippen LogP contribution in [0.15, 0.2) is 24.3 Å². The van der Waals surface area contributed by atoms with Crippen LogP contribution >= 0.6 is 11.3 Å². The molecule has 26 heavy (non-hydrogen) atoms. The predicted molar refractivity (Wildman–Crippen MR) is 100 cm³/mol. The van der Waals surface area contributed by atoms with E-state index in [2.05, 4.69) is 5.32 Å². The molecule has 1 aliphatic heterocycles. The summed E-state index contributed by atoms with van der Waals surface area (Å²) in [6.45, 7) is 0.349. The Kier molecular flexibility index (Phi) is 4.68. The van der Waals surface area contributed by atoms with Crippen LogP contribution < -0.4 is 10.1 Å². The molecule has 0 fully saturated rings. The van der Waals surface area contributed by atoms with E-state index in [0.29, 0.717) is 23.6 Å². The summed E-state index contributed by atoms with van der Waals surface area (Å²) in [4.78, 5) is 26.3. The molecule has 2 heterocycles. The number of esters is 1. The fraction of sp³-hybridized carbons (Fsp3) is 0.400. The Morgan fingerprint density at radius 1 is 1.23 bits per heavy atom. The topological polar surface area (TPSA) is 64.6 Å². The molecule has 1 aromatic heterocycles. The molecule has 2 aromatic rings. The van der Waals surface area contributed by atoms with Gasteiger partial charge in [-0.2, -0.15) is 0 Å². The zero-order valence-corrected chi connectivity index (χ0v) is 15.5. The molecule has 1 unspecified atom stereocenters. The maximum atomic E-state index is 12.8. The molecule has 1 aliphatic carbocycles. The lowest BCUT2D eigenvalue weighted by Crippen LogP contribution is -2.32. The SMILES string of the molecule is COC(=O)c1c(NC(=O)C2COc3ccccc3C2)sc2c1CCCC2. The highest BCUT2D eigenvalue weighted by Crippen LogP contribution is 2.39. The van der Waals surface area contributed by atoms with Crippen molar-refractivity contribution >= 4 is 28.2 Å². The third-order valence-electron chi connectivity index (χ3n) is 5.05. The molecular weight excluding hydrogens is 350 g/mol. The summed E-state index contributed by atoms with van der Waals surface area (Å²) in [5, 5.41) is 3.60. The van der Waals surface area contributed by atoms with Crippen molar-refractivity contribution in [2.45, 2.75) is 32.1 Å². The molecule has 0 spiro atoms. The second-order valence-corrected chi connectivity index (χ2v) is 7.82. The fourth-order valence-electron chi connectivity index (χ4n) is 3.68. The molecule has 6 heteroatoms. The van der Waals surface area contributed by atoms with E-state index in [1.807, 2.05) is 24.3 Å². The van der Waals surface area contributed by atoms with Gasteiger partial charge in [0.2, 0.25) is 5.91 Å². The van der Waals surface area contributed by atoms with Gasteiger partial charge in [-0.25, -0.2) is 4.79 Å². The number of carbonyl (C=O) groups is 2. The summed E-state index contributed by atoms with van der Waals surface area (Å²) < 4.78 is 10.7. The lowest BCUT2D eigenvalue weighted by Gasteiger charge is -2.24. The van der Waals surface area contributed by atoms with Crippen molar-refractivity contribution in [3.05, 3.63) is 45.8 Å². The second-order valence-electron chi connectivity index (χ2n) is 6.72. The van der Waals surface area contributed by atoms with Gasteiger partial charge in [0.25, 0.3) is 0 Å². The van der Waals surface area contributed by atoms with Crippen molar-refractivity contribution in [2.24, 2.45) is 5.92 Å². The van der Waals surface area contributed by atoms with E-state index >= 15 is 0 Å². The number of thiophene rings is 1. The van der Waals surface area contributed by atoms with E-state index in [0.717, 1.165) is 42.6 Å². The largest absolute Gasteiger partial charge is 0.492 e. The molecule has 0 saturated carbocycles. The van der Waals surface area contributed by atoms with Crippen LogP contribution in [0.2, 0.25) is 0 Å². The van der Waals surface area contributed by atoms with Gasteiger partial charge < -0.3 is 14.8 Å². The van der Waals surface area contributed by atoms with Gasteiger partial charge in [0.15, 0.2) is 0 Å². The zero-order valence-electron chi connectivity index (χ0n) is 14.7. The number of hydrogen-bond donors (Lipinski definition) is 1. The lowest BCUT2D eigenvalue weighted by molar-refractivity contribution is -0.121. The normalized spacial score (nSPS) is 18.3. The van der Waals surface area contributed by atoms with Crippen molar-refractivity contribution in [1.82, 2.24) is 0 Å². The number of aryl methyl sites for hydroxylation is 1. The molecule has 1 aromatic carbocycles. The third-order valence-corrected chi connectivity index (χ3v) is 6.25. The van der Waals surface area contributed by atoms with E-state index in [9.17, 15) is 9.59 Å². The summed E-state index contributed by atoms with van der Waals surface area (Å²) in [6, 6.07) is 7.79. The Morgan fingerprint density at radius 3 is 2.88 bits per heavy atom. The van der Waals surface area contributed by atoms with Gasteiger partial charge in [0.05, 0.1) is 18.6 Å². The predicted octanol–water partition coefficient (Wildman–Crippen LogP) is 3.60. The fourth-order valence-corrected chi connectivity index (χ4v) is 4.96. The molecular formula is C20H21NO4S. The minimum absolute atomic E-state index is 0.108. The number of methoxy groups -OCH3 is 1. The number of ether oxygens (including phenoxy) is 2. The van der Waals surface area contributed by atoms with Crippen molar-refractivity contribution in [3.8, 4) is 5.75 Å². The maximum absolute atomic E-state index is 12.8. The Bertz CT molecular complexity index is 857. The second kappa shape index (κ2) is 7.11. The number of para-hydroxylation sites is 1. The summed E-state index contributed by atoms with van der Waals surface area (Å²) in [7, 11) is 1.38. The molecule has 2 aliphatic rings. The van der Waals surface area contributed by atoms with E-state index in [4.69, 9.17) is 9.47 Å². The van der Waals surface area contributed by atoms with Crippen LogP contribution in [0.4, 0.5) is 5.00 Å². The molecule has 1 N–H and O–H groups in total. The van der Waals surface area contributed by atoms with Gasteiger partial charge in [-0.1, -0.05) is 18.2 Å². The van der Waals surface area contributed by atoms with E-state index < -0.39 is 0 Å². The highest BCUT2D eigenvalue weighted by atomic mass is 32.1. The van der Waals surface area contributed by atoms with Crippen LogP contribution in [0.5, 0.6) is 5.75 Å². The monoisotopic (exact) mass is 371 g/mol. The molecule has 0 radical (unpaired) electrons. The van der Waals surface area contributed by atoms with Crippen LogP contribution in [-0.4, -0.2) is 25.6 Å². The Labute approximate surface area is 156 Å². The first-order valence-electron chi connectivity index (χ1n) is 8.91. The highest BCUT2D eigenvalue weighted by Gasteiger charge is 2.30. The number of hydrogen-bond acceptors (Lipinski definition) is 5. The van der Waals surface area contributed by atoms with Crippen LogP contribution in [0, 0.1) is 5.92 Å². The van der Waals surface area contributed by atoms with Gasteiger partial charge in [-0.3, -0.25) is 4.79 Å². The van der Waals surface area contributed by atoms with Crippen LogP contribution in [-0.2, 0) is 28.8 Å². The summed E-state index contributed by atoms with van der Waals surface area (Å²) in [5.41, 5.74) is 2.63. The number of nitrogens with one attached hydrogen (secondary N) is 1. The maximum Gasteiger partial charge on any atom is 0.341 e. The first kappa shape index (κ1) is 17.1.